The van der Waals surface area contributed by atoms with Gasteiger partial charge < -0.3 is 29.8 Å². The molecule has 0 atom stereocenters. The topological polar surface area (TPSA) is 182 Å². The van der Waals surface area contributed by atoms with Gasteiger partial charge in [0.2, 0.25) is 5.91 Å². The number of piperazine rings is 1. The van der Waals surface area contributed by atoms with Crippen molar-refractivity contribution in [1.29, 1.82) is 0 Å². The summed E-state index contributed by atoms with van der Waals surface area (Å²) in [5.41, 5.74) is 3.86. The first-order chi connectivity index (χ1) is 31.1. The number of fused-ring (bicyclic) bond motifs is 1. The Morgan fingerprint density at radius 3 is 2.35 bits per heavy atom. The van der Waals surface area contributed by atoms with E-state index in [2.05, 4.69) is 30.5 Å². The molecule has 65 heavy (non-hydrogen) atoms. The highest BCUT2D eigenvalue weighted by Gasteiger charge is 2.27. The van der Waals surface area contributed by atoms with Gasteiger partial charge in [0.05, 0.1) is 22.5 Å². The number of aliphatic hydroxyl groups is 1. The molecule has 0 bridgehead atoms. The predicted molar refractivity (Wildman–Crippen MR) is 240 cm³/mol. The van der Waals surface area contributed by atoms with Crippen LogP contribution in [-0.2, 0) is 15.2 Å². The monoisotopic (exact) mass is 886 g/mol. The molecule has 2 saturated heterocycles. The second-order valence-corrected chi connectivity index (χ2v) is 16.6. The third kappa shape index (κ3) is 9.95. The summed E-state index contributed by atoms with van der Waals surface area (Å²) >= 11 is 0. The van der Waals surface area contributed by atoms with Gasteiger partial charge in [-0.1, -0.05) is 12.1 Å². The number of rotatable bonds is 13. The molecule has 0 spiro atoms. The summed E-state index contributed by atoms with van der Waals surface area (Å²) in [5, 5.41) is 15.8. The van der Waals surface area contributed by atoms with Crippen molar-refractivity contribution >= 4 is 46.2 Å². The van der Waals surface area contributed by atoms with Crippen LogP contribution in [0.3, 0.4) is 0 Å². The van der Waals surface area contributed by atoms with Crippen molar-refractivity contribution in [1.82, 2.24) is 30.1 Å². The standard InChI is InChI=1S/C48H48F2N8O7/c1-28-5-9-34(24-41(28)58-14-13-42(59)55-47(58)62)65-26-43(60)57-17-15-56(16-18-57)19-20-64-33-10-6-30(7-11-33)40-25-37-44(51-27-52-45(37)53-40)36-22-32(49)23-39(29(36)2)54-46(61)35-12-8-31(21-38(35)50)48(3,4)63/h5-12,21-25,27,63H,13-20,26H2,1-4H3,(H,54,61)(H,51,52,53)(H,55,59,62). The zero-order valence-electron chi connectivity index (χ0n) is 36.3. The van der Waals surface area contributed by atoms with Crippen LogP contribution in [0.2, 0.25) is 0 Å². The molecule has 15 nitrogen and oxygen atoms in total. The van der Waals surface area contributed by atoms with Crippen LogP contribution in [0, 0.1) is 25.5 Å². The molecule has 2 aromatic heterocycles. The predicted octanol–water partition coefficient (Wildman–Crippen LogP) is 6.71. The van der Waals surface area contributed by atoms with E-state index in [1.807, 2.05) is 43.3 Å². The lowest BCUT2D eigenvalue weighted by Crippen LogP contribution is -2.50. The normalized spacial score (nSPS) is 14.7. The van der Waals surface area contributed by atoms with Crippen LogP contribution in [0.4, 0.5) is 25.0 Å². The van der Waals surface area contributed by atoms with Crippen LogP contribution in [-0.4, -0.2) is 106 Å². The fraction of sp³-hybridized carbons (Fsp3) is 0.292. The van der Waals surface area contributed by atoms with E-state index in [4.69, 9.17) is 9.47 Å². The molecule has 0 unspecified atom stereocenters. The highest BCUT2D eigenvalue weighted by Crippen LogP contribution is 2.36. The molecule has 0 aliphatic carbocycles. The van der Waals surface area contributed by atoms with Crippen molar-refractivity contribution in [3.05, 3.63) is 119 Å². The minimum atomic E-state index is -1.30. The van der Waals surface area contributed by atoms with E-state index in [0.29, 0.717) is 89.9 Å². The first-order valence-electron chi connectivity index (χ1n) is 21.2. The maximum atomic E-state index is 15.2. The third-order valence-corrected chi connectivity index (χ3v) is 11.7. The summed E-state index contributed by atoms with van der Waals surface area (Å²) in [4.78, 5) is 67.9. The smallest absolute Gasteiger partial charge is 0.328 e. The van der Waals surface area contributed by atoms with Gasteiger partial charge in [-0.2, -0.15) is 0 Å². The zero-order chi connectivity index (χ0) is 46.0. The van der Waals surface area contributed by atoms with E-state index < -0.39 is 29.2 Å². The van der Waals surface area contributed by atoms with Crippen LogP contribution < -0.4 is 25.0 Å². The van der Waals surface area contributed by atoms with Crippen molar-refractivity contribution in [2.75, 3.05) is 62.7 Å². The average molecular weight is 887 g/mol. The van der Waals surface area contributed by atoms with Gasteiger partial charge in [-0.05, 0) is 111 Å². The highest BCUT2D eigenvalue weighted by atomic mass is 19.1. The number of anilines is 2. The number of halogens is 2. The third-order valence-electron chi connectivity index (χ3n) is 11.7. The number of nitrogens with one attached hydrogen (secondary N) is 3. The molecule has 2 aliphatic rings. The van der Waals surface area contributed by atoms with Crippen molar-refractivity contribution in [3.8, 4) is 34.0 Å². The molecule has 5 amide bonds. The Labute approximate surface area is 373 Å². The molecule has 2 fully saturated rings. The summed E-state index contributed by atoms with van der Waals surface area (Å²) in [5.74, 6) is -1.51. The fourth-order valence-corrected chi connectivity index (χ4v) is 7.88. The first-order valence-corrected chi connectivity index (χ1v) is 21.2. The number of hydrogen-bond acceptors (Lipinski definition) is 10. The lowest BCUT2D eigenvalue weighted by atomic mass is 9.96. The van der Waals surface area contributed by atoms with Gasteiger partial charge in [-0.3, -0.25) is 29.5 Å². The number of carbonyl (C=O) groups is 4. The van der Waals surface area contributed by atoms with Crippen molar-refractivity contribution in [2.45, 2.75) is 39.7 Å². The Balaban J connectivity index is 0.837. The number of hydrogen-bond donors (Lipinski definition) is 4. The van der Waals surface area contributed by atoms with E-state index in [0.717, 1.165) is 22.9 Å². The van der Waals surface area contributed by atoms with Gasteiger partial charge in [-0.25, -0.2) is 23.5 Å². The van der Waals surface area contributed by atoms with Crippen molar-refractivity contribution in [3.63, 3.8) is 0 Å². The Bertz CT molecular complexity index is 2800. The maximum absolute atomic E-state index is 15.2. The van der Waals surface area contributed by atoms with Gasteiger partial charge in [-0.15, -0.1) is 0 Å². The number of aryl methyl sites for hydroxylation is 1. The number of urea groups is 1. The first kappa shape index (κ1) is 44.4. The maximum Gasteiger partial charge on any atom is 0.328 e. The number of aromatic nitrogens is 3. The van der Waals surface area contributed by atoms with E-state index in [9.17, 15) is 28.7 Å². The Kier molecular flexibility index (Phi) is 12.6. The molecule has 17 heteroatoms. The summed E-state index contributed by atoms with van der Waals surface area (Å²) < 4.78 is 42.0. The van der Waals surface area contributed by atoms with Crippen LogP contribution in [0.15, 0.2) is 85.2 Å². The largest absolute Gasteiger partial charge is 0.492 e. The molecule has 2 aliphatic heterocycles. The van der Waals surface area contributed by atoms with E-state index in [1.54, 1.807) is 24.0 Å². The molecule has 336 valence electrons. The number of benzene rings is 4. The Morgan fingerprint density at radius 1 is 0.877 bits per heavy atom. The van der Waals surface area contributed by atoms with Gasteiger partial charge in [0, 0.05) is 74.1 Å². The molecule has 0 saturated carbocycles. The number of amides is 5. The highest BCUT2D eigenvalue weighted by molar-refractivity contribution is 6.07. The fourth-order valence-electron chi connectivity index (χ4n) is 7.88. The van der Waals surface area contributed by atoms with E-state index in [1.165, 1.54) is 49.3 Å². The van der Waals surface area contributed by atoms with Crippen LogP contribution in [0.1, 0.15) is 47.3 Å². The van der Waals surface area contributed by atoms with Gasteiger partial charge >= 0.3 is 6.03 Å². The molecular formula is C48H48F2N8O7. The van der Waals surface area contributed by atoms with Gasteiger partial charge in [0.25, 0.3) is 11.8 Å². The Hall–Kier alpha value is -7.24. The minimum absolute atomic E-state index is 0.131. The SMILES string of the molecule is Cc1ccc(OCC(=O)N2CCN(CCOc3ccc(-c4cc5c(-c6cc(F)cc(NC(=O)c7ccc(C(C)(C)O)cc7F)c6C)ncnc5[nH]4)cc3)CC2)cc1N1CCC(=O)NC1=O. The second-order valence-electron chi connectivity index (χ2n) is 16.6. The number of aromatic amines is 1. The molecule has 4 aromatic carbocycles. The molecular weight excluding hydrogens is 839 g/mol. The summed E-state index contributed by atoms with van der Waals surface area (Å²) in [7, 11) is 0. The summed E-state index contributed by atoms with van der Waals surface area (Å²) in [6.45, 7) is 10.3. The number of imide groups is 1. The molecule has 8 rings (SSSR count). The van der Waals surface area contributed by atoms with Crippen molar-refractivity contribution in [2.24, 2.45) is 0 Å². The lowest BCUT2D eigenvalue weighted by Gasteiger charge is -2.34. The van der Waals surface area contributed by atoms with Gasteiger partial charge in [0.15, 0.2) is 6.61 Å². The Morgan fingerprint density at radius 2 is 1.63 bits per heavy atom. The van der Waals surface area contributed by atoms with Crippen LogP contribution in [0.5, 0.6) is 11.5 Å². The second kappa shape index (κ2) is 18.5. The zero-order valence-corrected chi connectivity index (χ0v) is 36.3. The molecule has 4 N–H and O–H groups in total. The van der Waals surface area contributed by atoms with Crippen LogP contribution >= 0.6 is 0 Å². The van der Waals surface area contributed by atoms with Gasteiger partial charge in [0.1, 0.15) is 41.7 Å². The molecule has 0 radical (unpaired) electrons. The molecule has 6 aromatic rings. The van der Waals surface area contributed by atoms with Crippen LogP contribution in [0.25, 0.3) is 33.5 Å². The number of H-pyrrole nitrogens is 1. The average Bonchev–Trinajstić information content (AvgIpc) is 3.72. The summed E-state index contributed by atoms with van der Waals surface area (Å²) in [6, 6.07) is 20.6. The minimum Gasteiger partial charge on any atom is -0.492 e. The lowest BCUT2D eigenvalue weighted by molar-refractivity contribution is -0.135. The quantitative estimate of drug-likeness (QED) is 0.0973. The molecule has 4 heterocycles. The van der Waals surface area contributed by atoms with Crippen molar-refractivity contribution < 1.29 is 42.5 Å². The number of carbonyl (C=O) groups excluding carboxylic acids is 4. The number of ether oxygens (including phenoxy) is 2. The number of nitrogens with zero attached hydrogens (tertiary/aromatic N) is 5. The summed E-state index contributed by atoms with van der Waals surface area (Å²) in [6.07, 6.45) is 1.58. The van der Waals surface area contributed by atoms with E-state index in [-0.39, 0.29) is 42.6 Å². The van der Waals surface area contributed by atoms with E-state index >= 15 is 4.39 Å².